The summed E-state index contributed by atoms with van der Waals surface area (Å²) < 4.78 is 0. The third-order valence-electron chi connectivity index (χ3n) is 2.07. The molecule has 0 atom stereocenters. The molecular weight excluding hydrogens is 212 g/mol. The molecule has 0 aliphatic heterocycles. The van der Waals surface area contributed by atoms with Gasteiger partial charge in [-0.1, -0.05) is 23.6 Å². The number of aryl methyl sites for hydroxylation is 1. The van der Waals surface area contributed by atoms with Crippen LogP contribution < -0.4 is 0 Å². The van der Waals surface area contributed by atoms with Crippen LogP contribution in [0.4, 0.5) is 0 Å². The van der Waals surface area contributed by atoms with Crippen LogP contribution in [0.3, 0.4) is 0 Å². The summed E-state index contributed by atoms with van der Waals surface area (Å²) in [6.07, 6.45) is -0.0656. The van der Waals surface area contributed by atoms with E-state index in [1.54, 1.807) is 13.0 Å². The fourth-order valence-corrected chi connectivity index (χ4v) is 1.64. The first-order chi connectivity index (χ1) is 7.06. The van der Waals surface area contributed by atoms with Gasteiger partial charge in [0.15, 0.2) is 0 Å². The first-order valence-corrected chi connectivity index (χ1v) is 4.86. The maximum absolute atomic E-state index is 10.6. The number of hydrogen-bond acceptors (Lipinski definition) is 1. The summed E-state index contributed by atoms with van der Waals surface area (Å²) in [5, 5.41) is 9.19. The van der Waals surface area contributed by atoms with Crippen molar-refractivity contribution in [2.24, 2.45) is 0 Å². The molecule has 0 aliphatic rings. The van der Waals surface area contributed by atoms with Crippen LogP contribution in [0.1, 0.15) is 23.6 Å². The van der Waals surface area contributed by atoms with Gasteiger partial charge < -0.3 is 5.11 Å². The predicted molar refractivity (Wildman–Crippen MR) is 60.1 cm³/mol. The van der Waals surface area contributed by atoms with Gasteiger partial charge in [0, 0.05) is 5.56 Å². The van der Waals surface area contributed by atoms with Crippen LogP contribution in [0, 0.1) is 18.8 Å². The van der Waals surface area contributed by atoms with E-state index in [0.717, 1.165) is 5.56 Å². The Bertz CT molecular complexity index is 453. The van der Waals surface area contributed by atoms with Crippen LogP contribution in [0.15, 0.2) is 12.1 Å². The van der Waals surface area contributed by atoms with Gasteiger partial charge in [0.1, 0.15) is 0 Å². The third kappa shape index (κ3) is 2.74. The Kier molecular flexibility index (Phi) is 3.76. The lowest BCUT2D eigenvalue weighted by atomic mass is 10.0. The molecule has 0 bridgehead atoms. The van der Waals surface area contributed by atoms with Gasteiger partial charge in [0.2, 0.25) is 0 Å². The smallest absolute Gasteiger partial charge is 0.307 e. The van der Waals surface area contributed by atoms with Crippen molar-refractivity contribution in [3.8, 4) is 11.8 Å². The molecule has 78 valence electrons. The molecule has 1 N–H and O–H groups in total. The Balaban J connectivity index is 3.27. The second-order valence-electron chi connectivity index (χ2n) is 3.17. The van der Waals surface area contributed by atoms with Crippen molar-refractivity contribution in [1.29, 1.82) is 0 Å². The summed E-state index contributed by atoms with van der Waals surface area (Å²) >= 11 is 6.07. The van der Waals surface area contributed by atoms with Crippen molar-refractivity contribution < 1.29 is 9.90 Å². The van der Waals surface area contributed by atoms with Crippen molar-refractivity contribution in [3.05, 3.63) is 33.8 Å². The van der Waals surface area contributed by atoms with Crippen molar-refractivity contribution in [1.82, 2.24) is 0 Å². The molecule has 3 heteroatoms. The van der Waals surface area contributed by atoms with Gasteiger partial charge >= 0.3 is 5.97 Å². The second kappa shape index (κ2) is 4.86. The average Bonchev–Trinajstić information content (AvgIpc) is 2.17. The minimum atomic E-state index is -0.887. The summed E-state index contributed by atoms with van der Waals surface area (Å²) in [7, 11) is 0. The third-order valence-corrected chi connectivity index (χ3v) is 2.50. The summed E-state index contributed by atoms with van der Waals surface area (Å²) in [5.41, 5.74) is 2.20. The molecule has 1 rings (SSSR count). The number of carboxylic acid groups (broad SMARTS) is 1. The molecule has 0 aromatic heterocycles. The number of carboxylic acids is 1. The van der Waals surface area contributed by atoms with Crippen LogP contribution >= 0.6 is 11.6 Å². The lowest BCUT2D eigenvalue weighted by Crippen LogP contribution is -2.03. The SMILES string of the molecule is CC#Cc1ccc(C)c(CC(=O)O)c1Cl. The average molecular weight is 223 g/mol. The minimum absolute atomic E-state index is 0.0656. The van der Waals surface area contributed by atoms with E-state index in [1.165, 1.54) is 0 Å². The predicted octanol–water partition coefficient (Wildman–Crippen LogP) is 2.65. The summed E-state index contributed by atoms with van der Waals surface area (Å²) in [6.45, 7) is 3.56. The molecule has 0 saturated carbocycles. The molecule has 0 spiro atoms. The number of halogens is 1. The number of rotatable bonds is 2. The van der Waals surface area contributed by atoms with Crippen LogP contribution in [0.25, 0.3) is 0 Å². The van der Waals surface area contributed by atoms with Crippen molar-refractivity contribution in [2.75, 3.05) is 0 Å². The number of hydrogen-bond donors (Lipinski definition) is 1. The van der Waals surface area contributed by atoms with Gasteiger partial charge in [-0.3, -0.25) is 4.79 Å². The van der Waals surface area contributed by atoms with Gasteiger partial charge in [-0.05, 0) is 31.0 Å². The Hall–Kier alpha value is -1.46. The summed E-state index contributed by atoms with van der Waals surface area (Å²) in [6, 6.07) is 3.64. The molecule has 0 unspecified atom stereocenters. The molecule has 2 nitrogen and oxygen atoms in total. The lowest BCUT2D eigenvalue weighted by molar-refractivity contribution is -0.136. The highest BCUT2D eigenvalue weighted by Gasteiger charge is 2.11. The highest BCUT2D eigenvalue weighted by Crippen LogP contribution is 2.24. The summed E-state index contributed by atoms with van der Waals surface area (Å²) in [4.78, 5) is 10.6. The number of aliphatic carboxylic acids is 1. The molecule has 0 heterocycles. The molecular formula is C12H11ClO2. The van der Waals surface area contributed by atoms with Crippen molar-refractivity contribution in [3.63, 3.8) is 0 Å². The van der Waals surface area contributed by atoms with E-state index in [2.05, 4.69) is 11.8 Å². The van der Waals surface area contributed by atoms with Crippen molar-refractivity contribution in [2.45, 2.75) is 20.3 Å². The second-order valence-corrected chi connectivity index (χ2v) is 3.55. The highest BCUT2D eigenvalue weighted by atomic mass is 35.5. The quantitative estimate of drug-likeness (QED) is 0.782. The zero-order chi connectivity index (χ0) is 11.4. The normalized spacial score (nSPS) is 9.27. The largest absolute Gasteiger partial charge is 0.481 e. The van der Waals surface area contributed by atoms with Crippen LogP contribution in [0.2, 0.25) is 5.02 Å². The number of benzene rings is 1. The standard InChI is InChI=1S/C12H11ClO2/c1-3-4-9-6-5-8(2)10(12(9)13)7-11(14)15/h5-6H,7H2,1-2H3,(H,14,15). The zero-order valence-electron chi connectivity index (χ0n) is 8.60. The molecule has 0 fully saturated rings. The van der Waals surface area contributed by atoms with E-state index in [9.17, 15) is 4.79 Å². The van der Waals surface area contributed by atoms with Gasteiger partial charge in [-0.25, -0.2) is 0 Å². The molecule has 15 heavy (non-hydrogen) atoms. The van der Waals surface area contributed by atoms with E-state index < -0.39 is 5.97 Å². The van der Waals surface area contributed by atoms with E-state index >= 15 is 0 Å². The Morgan fingerprint density at radius 2 is 2.20 bits per heavy atom. The maximum Gasteiger partial charge on any atom is 0.307 e. The van der Waals surface area contributed by atoms with E-state index in [4.69, 9.17) is 16.7 Å². The van der Waals surface area contributed by atoms with Gasteiger partial charge in [-0.2, -0.15) is 0 Å². The van der Waals surface area contributed by atoms with Gasteiger partial charge in [0.25, 0.3) is 0 Å². The first-order valence-electron chi connectivity index (χ1n) is 4.48. The topological polar surface area (TPSA) is 37.3 Å². The number of carbonyl (C=O) groups is 1. The van der Waals surface area contributed by atoms with Gasteiger partial charge in [0.05, 0.1) is 11.4 Å². The van der Waals surface area contributed by atoms with Crippen LogP contribution in [-0.2, 0) is 11.2 Å². The highest BCUT2D eigenvalue weighted by molar-refractivity contribution is 6.32. The first kappa shape index (κ1) is 11.6. The van der Waals surface area contributed by atoms with Gasteiger partial charge in [-0.15, -0.1) is 5.92 Å². The Morgan fingerprint density at radius 1 is 1.53 bits per heavy atom. The molecule has 0 radical (unpaired) electrons. The zero-order valence-corrected chi connectivity index (χ0v) is 9.35. The molecule has 0 aliphatic carbocycles. The monoisotopic (exact) mass is 222 g/mol. The van der Waals surface area contributed by atoms with E-state index in [-0.39, 0.29) is 6.42 Å². The molecule has 0 saturated heterocycles. The fraction of sp³-hybridized carbons (Fsp3) is 0.250. The minimum Gasteiger partial charge on any atom is -0.481 e. The Morgan fingerprint density at radius 3 is 2.73 bits per heavy atom. The Labute approximate surface area is 93.9 Å². The molecule has 1 aromatic carbocycles. The van der Waals surface area contributed by atoms with E-state index in [1.807, 2.05) is 13.0 Å². The maximum atomic E-state index is 10.6. The fourth-order valence-electron chi connectivity index (χ4n) is 1.32. The van der Waals surface area contributed by atoms with Crippen molar-refractivity contribution >= 4 is 17.6 Å². The lowest BCUT2D eigenvalue weighted by Gasteiger charge is -2.07. The van der Waals surface area contributed by atoms with E-state index in [0.29, 0.717) is 16.1 Å². The molecule has 1 aromatic rings. The molecule has 0 amide bonds. The van der Waals surface area contributed by atoms with Crippen LogP contribution in [-0.4, -0.2) is 11.1 Å². The van der Waals surface area contributed by atoms with Crippen LogP contribution in [0.5, 0.6) is 0 Å². The summed E-state index contributed by atoms with van der Waals surface area (Å²) in [5.74, 6) is 4.70.